The van der Waals surface area contributed by atoms with Crippen LogP contribution in [0.2, 0.25) is 5.02 Å². The summed E-state index contributed by atoms with van der Waals surface area (Å²) in [7, 11) is 0. The van der Waals surface area contributed by atoms with Crippen molar-refractivity contribution in [2.75, 3.05) is 0 Å². The first-order chi connectivity index (χ1) is 8.56. The SMILES string of the molecule is CC(NC(C)c1cc(Br)cs1)c1cccc(Cl)c1. The molecule has 0 spiro atoms. The minimum atomic E-state index is 0.277. The van der Waals surface area contributed by atoms with Crippen LogP contribution in [0.3, 0.4) is 0 Å². The van der Waals surface area contributed by atoms with E-state index in [0.717, 1.165) is 9.50 Å². The Bertz CT molecular complexity index is 526. The average Bonchev–Trinajstić information content (AvgIpc) is 2.76. The van der Waals surface area contributed by atoms with Gasteiger partial charge in [0.2, 0.25) is 0 Å². The molecule has 1 nitrogen and oxygen atoms in total. The molecule has 0 saturated carbocycles. The van der Waals surface area contributed by atoms with Gasteiger partial charge in [0, 0.05) is 31.8 Å². The smallest absolute Gasteiger partial charge is 0.0409 e. The van der Waals surface area contributed by atoms with Crippen molar-refractivity contribution in [3.63, 3.8) is 0 Å². The van der Waals surface area contributed by atoms with E-state index in [-0.39, 0.29) is 6.04 Å². The van der Waals surface area contributed by atoms with E-state index in [2.05, 4.69) is 52.6 Å². The van der Waals surface area contributed by atoms with Gasteiger partial charge in [0.05, 0.1) is 0 Å². The zero-order valence-corrected chi connectivity index (χ0v) is 13.4. The summed E-state index contributed by atoms with van der Waals surface area (Å²) in [6, 6.07) is 10.8. The van der Waals surface area contributed by atoms with Crippen molar-refractivity contribution in [3.05, 3.63) is 55.6 Å². The lowest BCUT2D eigenvalue weighted by molar-refractivity contribution is 0.500. The summed E-state index contributed by atoms with van der Waals surface area (Å²) >= 11 is 11.3. The first-order valence-corrected chi connectivity index (χ1v) is 7.87. The van der Waals surface area contributed by atoms with E-state index in [0.29, 0.717) is 6.04 Å². The molecule has 0 saturated heterocycles. The summed E-state index contributed by atoms with van der Waals surface area (Å²) < 4.78 is 1.14. The van der Waals surface area contributed by atoms with E-state index < -0.39 is 0 Å². The number of nitrogens with one attached hydrogen (secondary N) is 1. The molecule has 2 rings (SSSR count). The molecule has 0 aliphatic rings. The van der Waals surface area contributed by atoms with E-state index in [9.17, 15) is 0 Å². The molecule has 4 heteroatoms. The highest BCUT2D eigenvalue weighted by molar-refractivity contribution is 9.10. The Morgan fingerprint density at radius 1 is 1.22 bits per heavy atom. The molecule has 18 heavy (non-hydrogen) atoms. The summed E-state index contributed by atoms with van der Waals surface area (Å²) in [5.41, 5.74) is 1.21. The molecule has 0 fully saturated rings. The number of benzene rings is 1. The maximum absolute atomic E-state index is 6.01. The quantitative estimate of drug-likeness (QED) is 0.764. The Hall–Kier alpha value is -0.350. The van der Waals surface area contributed by atoms with Gasteiger partial charge in [-0.15, -0.1) is 11.3 Å². The maximum atomic E-state index is 6.01. The molecule has 96 valence electrons. The molecule has 0 aliphatic heterocycles. The summed E-state index contributed by atoms with van der Waals surface area (Å²) in [4.78, 5) is 1.33. The summed E-state index contributed by atoms with van der Waals surface area (Å²) in [6.07, 6.45) is 0. The van der Waals surface area contributed by atoms with Crippen molar-refractivity contribution in [3.8, 4) is 0 Å². The molecule has 2 aromatic rings. The second kappa shape index (κ2) is 6.20. The van der Waals surface area contributed by atoms with Crippen LogP contribution < -0.4 is 5.32 Å². The first kappa shape index (κ1) is 14.1. The van der Waals surface area contributed by atoms with Crippen molar-refractivity contribution in [2.45, 2.75) is 25.9 Å². The van der Waals surface area contributed by atoms with Gasteiger partial charge in [0.25, 0.3) is 0 Å². The fourth-order valence-electron chi connectivity index (χ4n) is 1.88. The van der Waals surface area contributed by atoms with Crippen LogP contribution in [0.5, 0.6) is 0 Å². The molecule has 0 radical (unpaired) electrons. The van der Waals surface area contributed by atoms with Gasteiger partial charge in [-0.1, -0.05) is 23.7 Å². The Kier molecular flexibility index (Phi) is 4.84. The highest BCUT2D eigenvalue weighted by Crippen LogP contribution is 2.27. The van der Waals surface area contributed by atoms with Crippen molar-refractivity contribution in [1.29, 1.82) is 0 Å². The zero-order valence-electron chi connectivity index (χ0n) is 10.3. The van der Waals surface area contributed by atoms with E-state index in [1.54, 1.807) is 11.3 Å². The van der Waals surface area contributed by atoms with Crippen LogP contribution in [0.1, 0.15) is 36.4 Å². The van der Waals surface area contributed by atoms with Gasteiger partial charge in [0.1, 0.15) is 0 Å². The minimum absolute atomic E-state index is 0.277. The fourth-order valence-corrected chi connectivity index (χ4v) is 3.55. The van der Waals surface area contributed by atoms with Gasteiger partial charge in [-0.25, -0.2) is 0 Å². The van der Waals surface area contributed by atoms with Gasteiger partial charge < -0.3 is 5.32 Å². The third-order valence-electron chi connectivity index (χ3n) is 2.86. The maximum Gasteiger partial charge on any atom is 0.0409 e. The first-order valence-electron chi connectivity index (χ1n) is 5.81. The second-order valence-corrected chi connectivity index (χ2v) is 6.63. The summed E-state index contributed by atoms with van der Waals surface area (Å²) in [5.74, 6) is 0. The van der Waals surface area contributed by atoms with E-state index >= 15 is 0 Å². The Labute approximate surface area is 125 Å². The largest absolute Gasteiger partial charge is 0.303 e. The molecule has 0 amide bonds. The van der Waals surface area contributed by atoms with Crippen LogP contribution in [0.15, 0.2) is 40.2 Å². The van der Waals surface area contributed by atoms with Crippen LogP contribution >= 0.6 is 38.9 Å². The number of halogens is 2. The average molecular weight is 345 g/mol. The molecule has 0 aliphatic carbocycles. The molecule has 1 N–H and O–H groups in total. The molecule has 0 bridgehead atoms. The second-order valence-electron chi connectivity index (χ2n) is 4.33. The van der Waals surface area contributed by atoms with E-state index in [1.807, 2.05) is 18.2 Å². The standard InChI is InChI=1S/C14H15BrClNS/c1-9(11-4-3-5-13(16)6-11)17-10(2)14-7-12(15)8-18-14/h3-10,17H,1-2H3. The highest BCUT2D eigenvalue weighted by Gasteiger charge is 2.12. The van der Waals surface area contributed by atoms with Gasteiger partial charge in [-0.05, 0) is 53.5 Å². The van der Waals surface area contributed by atoms with E-state index in [1.165, 1.54) is 10.4 Å². The lowest BCUT2D eigenvalue weighted by Gasteiger charge is -2.19. The highest BCUT2D eigenvalue weighted by atomic mass is 79.9. The predicted molar refractivity (Wildman–Crippen MR) is 83.4 cm³/mol. The van der Waals surface area contributed by atoms with Gasteiger partial charge in [0.15, 0.2) is 0 Å². The van der Waals surface area contributed by atoms with Crippen molar-refractivity contribution in [1.82, 2.24) is 5.32 Å². The van der Waals surface area contributed by atoms with Crippen molar-refractivity contribution in [2.24, 2.45) is 0 Å². The van der Waals surface area contributed by atoms with Crippen LogP contribution in [0.25, 0.3) is 0 Å². The van der Waals surface area contributed by atoms with Crippen LogP contribution in [-0.4, -0.2) is 0 Å². The minimum Gasteiger partial charge on any atom is -0.303 e. The molecule has 2 atom stereocenters. The number of thiophene rings is 1. The fraction of sp³-hybridized carbons (Fsp3) is 0.286. The lowest BCUT2D eigenvalue weighted by atomic mass is 10.1. The topological polar surface area (TPSA) is 12.0 Å². The number of rotatable bonds is 4. The third-order valence-corrected chi connectivity index (χ3v) is 4.97. The predicted octanol–water partition coefficient (Wildman–Crippen LogP) is 5.58. The van der Waals surface area contributed by atoms with Crippen LogP contribution in [0, 0.1) is 0 Å². The van der Waals surface area contributed by atoms with E-state index in [4.69, 9.17) is 11.6 Å². The molecule has 1 aromatic heterocycles. The Morgan fingerprint density at radius 3 is 2.61 bits per heavy atom. The Morgan fingerprint density at radius 2 is 2.00 bits per heavy atom. The third kappa shape index (κ3) is 3.58. The van der Waals surface area contributed by atoms with Gasteiger partial charge >= 0.3 is 0 Å². The normalized spacial score (nSPS) is 14.4. The monoisotopic (exact) mass is 343 g/mol. The van der Waals surface area contributed by atoms with Crippen LogP contribution in [0.4, 0.5) is 0 Å². The molecular weight excluding hydrogens is 330 g/mol. The molecule has 1 heterocycles. The molecule has 2 unspecified atom stereocenters. The van der Waals surface area contributed by atoms with Gasteiger partial charge in [-0.2, -0.15) is 0 Å². The van der Waals surface area contributed by atoms with Crippen molar-refractivity contribution < 1.29 is 0 Å². The van der Waals surface area contributed by atoms with Crippen molar-refractivity contribution >= 4 is 38.9 Å². The number of hydrogen-bond acceptors (Lipinski definition) is 2. The Balaban J connectivity index is 2.05. The molecular formula is C14H15BrClNS. The van der Waals surface area contributed by atoms with Crippen LogP contribution in [-0.2, 0) is 0 Å². The number of hydrogen-bond donors (Lipinski definition) is 1. The summed E-state index contributed by atoms with van der Waals surface area (Å²) in [6.45, 7) is 4.34. The lowest BCUT2D eigenvalue weighted by Crippen LogP contribution is -2.21. The molecule has 1 aromatic carbocycles. The summed E-state index contributed by atoms with van der Waals surface area (Å²) in [5, 5.41) is 6.48. The van der Waals surface area contributed by atoms with Gasteiger partial charge in [-0.3, -0.25) is 0 Å². The zero-order chi connectivity index (χ0) is 13.1.